The Bertz CT molecular complexity index is 685. The number of fused-ring (bicyclic) bond motifs is 1. The van der Waals surface area contributed by atoms with E-state index in [1.54, 1.807) is 6.92 Å². The van der Waals surface area contributed by atoms with Crippen LogP contribution in [0.4, 0.5) is 0 Å². The maximum absolute atomic E-state index is 12.2. The lowest BCUT2D eigenvalue weighted by Crippen LogP contribution is -2.30. The maximum Gasteiger partial charge on any atom is 0.311 e. The summed E-state index contributed by atoms with van der Waals surface area (Å²) >= 11 is 1.24. The molecule has 22 heavy (non-hydrogen) atoms. The molecule has 1 aliphatic rings. The molecule has 0 amide bonds. The number of carboxylic acid groups (broad SMARTS) is 1. The van der Waals surface area contributed by atoms with Gasteiger partial charge in [-0.05, 0) is 6.92 Å². The van der Waals surface area contributed by atoms with Crippen molar-refractivity contribution in [1.82, 2.24) is 14.9 Å². The molecule has 0 radical (unpaired) electrons. The van der Waals surface area contributed by atoms with Crippen LogP contribution < -0.4 is 5.56 Å². The van der Waals surface area contributed by atoms with Gasteiger partial charge in [-0.3, -0.25) is 14.4 Å². The predicted molar refractivity (Wildman–Crippen MR) is 77.1 cm³/mol. The van der Waals surface area contributed by atoms with Crippen molar-refractivity contribution in [3.8, 4) is 0 Å². The Morgan fingerprint density at radius 2 is 2.18 bits per heavy atom. The van der Waals surface area contributed by atoms with Crippen LogP contribution in [0.2, 0.25) is 0 Å². The number of carbonyl (C=O) groups excluding carboxylic acids is 1. The van der Waals surface area contributed by atoms with Gasteiger partial charge in [0.25, 0.3) is 5.56 Å². The number of thioether (sulfide) groups is 1. The van der Waals surface area contributed by atoms with E-state index < -0.39 is 17.5 Å². The summed E-state index contributed by atoms with van der Waals surface area (Å²) in [5.41, 5.74) is 0.0166. The molecule has 1 N–H and O–H groups in total. The molecule has 0 bridgehead atoms. The van der Waals surface area contributed by atoms with Gasteiger partial charge in [0.1, 0.15) is 5.69 Å². The molecule has 1 aromatic rings. The molecule has 10 heteroatoms. The molecule has 0 unspecified atom stereocenters. The molecule has 9 nitrogen and oxygen atoms in total. The van der Waals surface area contributed by atoms with Crippen molar-refractivity contribution in [1.29, 1.82) is 0 Å². The van der Waals surface area contributed by atoms with Gasteiger partial charge in [-0.25, -0.2) is 0 Å². The minimum absolute atomic E-state index is 0.000494. The van der Waals surface area contributed by atoms with Crippen molar-refractivity contribution in [2.24, 2.45) is 5.10 Å². The Balaban J connectivity index is 2.23. The topological polar surface area (TPSA) is 124 Å². The van der Waals surface area contributed by atoms with Crippen molar-refractivity contribution < 1.29 is 19.4 Å². The second-order valence-electron chi connectivity index (χ2n) is 4.38. The highest BCUT2D eigenvalue weighted by Gasteiger charge is 2.20. The third-order valence-corrected chi connectivity index (χ3v) is 3.71. The van der Waals surface area contributed by atoms with Crippen LogP contribution in [0.1, 0.15) is 25.5 Å². The number of esters is 1. The Kier molecular flexibility index (Phi) is 5.26. The summed E-state index contributed by atoms with van der Waals surface area (Å²) in [5.74, 6) is -1.02. The van der Waals surface area contributed by atoms with Crippen LogP contribution in [-0.2, 0) is 20.7 Å². The number of nitrogens with zero attached hydrogens (tertiary/aromatic N) is 4. The average molecular weight is 326 g/mol. The molecule has 2 heterocycles. The van der Waals surface area contributed by atoms with Gasteiger partial charge in [0.05, 0.1) is 25.2 Å². The fourth-order valence-electron chi connectivity index (χ4n) is 1.74. The molecule has 2 rings (SSSR count). The minimum Gasteiger partial charge on any atom is -0.481 e. The molecule has 1 aliphatic heterocycles. The number of carbonyl (C=O) groups is 2. The highest BCUT2D eigenvalue weighted by Crippen LogP contribution is 2.19. The molecule has 0 saturated heterocycles. The van der Waals surface area contributed by atoms with Gasteiger partial charge in [-0.15, -0.1) is 10.2 Å². The van der Waals surface area contributed by atoms with E-state index in [1.807, 2.05) is 0 Å². The van der Waals surface area contributed by atoms with Crippen LogP contribution in [0.25, 0.3) is 0 Å². The van der Waals surface area contributed by atoms with E-state index in [9.17, 15) is 14.4 Å². The van der Waals surface area contributed by atoms with Gasteiger partial charge in [0.2, 0.25) is 5.16 Å². The van der Waals surface area contributed by atoms with Gasteiger partial charge in [-0.2, -0.15) is 9.78 Å². The molecular formula is C12H14N4O5S. The van der Waals surface area contributed by atoms with E-state index in [2.05, 4.69) is 15.3 Å². The van der Waals surface area contributed by atoms with Crippen LogP contribution in [0.5, 0.6) is 0 Å². The van der Waals surface area contributed by atoms with E-state index in [-0.39, 0.29) is 31.6 Å². The number of hydrogen-bond donors (Lipinski definition) is 1. The Morgan fingerprint density at radius 3 is 2.86 bits per heavy atom. The lowest BCUT2D eigenvalue weighted by atomic mass is 10.2. The summed E-state index contributed by atoms with van der Waals surface area (Å²) in [6.45, 7) is 1.99. The largest absolute Gasteiger partial charge is 0.481 e. The van der Waals surface area contributed by atoms with Crippen molar-refractivity contribution in [2.75, 3.05) is 12.4 Å². The van der Waals surface area contributed by atoms with E-state index in [4.69, 9.17) is 9.84 Å². The molecule has 118 valence electrons. The number of ether oxygens (including phenoxy) is 1. The summed E-state index contributed by atoms with van der Waals surface area (Å²) < 4.78 is 5.90. The second kappa shape index (κ2) is 7.16. The normalized spacial score (nSPS) is 13.2. The molecular weight excluding hydrogens is 312 g/mol. The van der Waals surface area contributed by atoms with E-state index in [1.165, 1.54) is 11.8 Å². The number of aryl methyl sites for hydroxylation is 1. The quantitative estimate of drug-likeness (QED) is 0.720. The fourth-order valence-corrected chi connectivity index (χ4v) is 2.54. The molecule has 1 aromatic heterocycles. The van der Waals surface area contributed by atoms with Gasteiger partial charge in [0, 0.05) is 12.2 Å². The molecule has 0 saturated carbocycles. The molecule has 0 atom stereocenters. The average Bonchev–Trinajstić information content (AvgIpc) is 2.47. The fraction of sp³-hybridized carbons (Fsp3) is 0.500. The smallest absolute Gasteiger partial charge is 0.311 e. The zero-order valence-electron chi connectivity index (χ0n) is 11.8. The Hall–Kier alpha value is -2.23. The van der Waals surface area contributed by atoms with Crippen molar-refractivity contribution >= 4 is 29.4 Å². The van der Waals surface area contributed by atoms with Crippen LogP contribution in [0, 0.1) is 0 Å². The first kappa shape index (κ1) is 16.1. The maximum atomic E-state index is 12.2. The van der Waals surface area contributed by atoms with Gasteiger partial charge in [-0.1, -0.05) is 11.8 Å². The van der Waals surface area contributed by atoms with Crippen LogP contribution in [0.3, 0.4) is 0 Å². The van der Waals surface area contributed by atoms with E-state index >= 15 is 0 Å². The van der Waals surface area contributed by atoms with Gasteiger partial charge < -0.3 is 9.84 Å². The van der Waals surface area contributed by atoms with Crippen LogP contribution in [-0.4, -0.2) is 50.0 Å². The van der Waals surface area contributed by atoms with Gasteiger partial charge >= 0.3 is 11.9 Å². The van der Waals surface area contributed by atoms with E-state index in [0.29, 0.717) is 16.6 Å². The highest BCUT2D eigenvalue weighted by atomic mass is 32.2. The SMILES string of the molecule is CCOC(=O)CC1=Nn2c(nnc(CCC(=O)O)c2=O)SC1. The Morgan fingerprint density at radius 1 is 1.41 bits per heavy atom. The standard InChI is InChI=1S/C12H14N4O5S/c1-2-21-10(19)5-7-6-22-12-14-13-8(3-4-9(17)18)11(20)16(12)15-7/h2-6H2,1H3,(H,17,18). The zero-order valence-corrected chi connectivity index (χ0v) is 12.6. The predicted octanol–water partition coefficient (Wildman–Crippen LogP) is -0.0815. The number of aromatic nitrogens is 3. The lowest BCUT2D eigenvalue weighted by Gasteiger charge is -2.14. The second-order valence-corrected chi connectivity index (χ2v) is 5.32. The number of carboxylic acids is 1. The van der Waals surface area contributed by atoms with E-state index in [0.717, 1.165) is 4.68 Å². The monoisotopic (exact) mass is 326 g/mol. The first-order chi connectivity index (χ1) is 10.5. The van der Waals surface area contributed by atoms with Crippen molar-refractivity contribution in [2.45, 2.75) is 31.3 Å². The van der Waals surface area contributed by atoms with Crippen molar-refractivity contribution in [3.05, 3.63) is 16.0 Å². The molecule has 0 aliphatic carbocycles. The van der Waals surface area contributed by atoms with Crippen molar-refractivity contribution in [3.63, 3.8) is 0 Å². The highest BCUT2D eigenvalue weighted by molar-refractivity contribution is 7.99. The minimum atomic E-state index is -1.02. The first-order valence-corrected chi connectivity index (χ1v) is 7.55. The molecule has 0 spiro atoms. The summed E-state index contributed by atoms with van der Waals surface area (Å²) in [6, 6.07) is 0. The summed E-state index contributed by atoms with van der Waals surface area (Å²) in [4.78, 5) is 34.2. The summed E-state index contributed by atoms with van der Waals surface area (Å²) in [5, 5.41) is 20.7. The molecule has 0 aromatic carbocycles. The van der Waals surface area contributed by atoms with Gasteiger partial charge in [0.15, 0.2) is 0 Å². The summed E-state index contributed by atoms with van der Waals surface area (Å²) in [7, 11) is 0. The number of hydrogen-bond acceptors (Lipinski definition) is 8. The summed E-state index contributed by atoms with van der Waals surface area (Å²) in [6.07, 6.45) is -0.232. The number of aliphatic carboxylic acids is 1. The number of rotatable bonds is 6. The molecule has 0 fully saturated rings. The zero-order chi connectivity index (χ0) is 16.1. The van der Waals surface area contributed by atoms with Crippen LogP contribution in [0.15, 0.2) is 15.1 Å². The lowest BCUT2D eigenvalue weighted by molar-refractivity contribution is -0.141. The Labute approximate surface area is 129 Å². The van der Waals surface area contributed by atoms with Crippen LogP contribution >= 0.6 is 11.8 Å². The third kappa shape index (κ3) is 3.91. The third-order valence-electron chi connectivity index (χ3n) is 2.72. The first-order valence-electron chi connectivity index (χ1n) is 6.56.